The molecule has 2 aromatic rings. The van der Waals surface area contributed by atoms with Crippen molar-refractivity contribution in [3.63, 3.8) is 0 Å². The first kappa shape index (κ1) is 13.6. The summed E-state index contributed by atoms with van der Waals surface area (Å²) in [6, 6.07) is 8.48. The number of nitrogens with one attached hydrogen (secondary N) is 1. The number of carbonyl (C=O) groups is 1. The Labute approximate surface area is 115 Å². The number of primary amides is 1. The Kier molecular flexibility index (Phi) is 3.69. The summed E-state index contributed by atoms with van der Waals surface area (Å²) in [6.45, 7) is 1.80. The van der Waals surface area contributed by atoms with Gasteiger partial charge < -0.3 is 5.73 Å². The van der Waals surface area contributed by atoms with Gasteiger partial charge in [-0.05, 0) is 19.1 Å². The summed E-state index contributed by atoms with van der Waals surface area (Å²) in [5, 5.41) is 3.63. The molecule has 7 nitrogen and oxygen atoms in total. The number of rotatable bonds is 3. The number of carbonyl (C=O) groups excluding carboxylic acids is 1. The van der Waals surface area contributed by atoms with Gasteiger partial charge in [0.1, 0.15) is 0 Å². The molecule has 1 aromatic heterocycles. The van der Waals surface area contributed by atoms with Crippen LogP contribution < -0.4 is 16.7 Å². The number of nitrogens with zero attached hydrogens (tertiary/aromatic N) is 3. The largest absolute Gasteiger partial charge is 0.350 e. The summed E-state index contributed by atoms with van der Waals surface area (Å²) >= 11 is 0. The monoisotopic (exact) mass is 273 g/mol. The molecule has 0 aliphatic heterocycles. The first-order valence-electron chi connectivity index (χ1n) is 5.95. The molecule has 0 atom stereocenters. The van der Waals surface area contributed by atoms with Gasteiger partial charge in [-0.2, -0.15) is 5.10 Å². The minimum Gasteiger partial charge on any atom is -0.350 e. The number of aromatic nitrogens is 2. The van der Waals surface area contributed by atoms with Crippen molar-refractivity contribution in [3.05, 3.63) is 51.9 Å². The van der Waals surface area contributed by atoms with Crippen LogP contribution in [0.15, 0.2) is 40.2 Å². The van der Waals surface area contributed by atoms with E-state index in [0.29, 0.717) is 5.56 Å². The molecule has 0 unspecified atom stereocenters. The fourth-order valence-corrected chi connectivity index (χ4v) is 1.90. The zero-order chi connectivity index (χ0) is 14.7. The van der Waals surface area contributed by atoms with E-state index in [4.69, 9.17) is 5.73 Å². The van der Waals surface area contributed by atoms with Gasteiger partial charge in [-0.15, -0.1) is 0 Å². The molecule has 1 aromatic carbocycles. The van der Waals surface area contributed by atoms with Crippen LogP contribution in [0.3, 0.4) is 0 Å². The Morgan fingerprint density at radius 2 is 2.00 bits per heavy atom. The number of hydrogen-bond donors (Lipinski definition) is 2. The van der Waals surface area contributed by atoms with E-state index >= 15 is 0 Å². The van der Waals surface area contributed by atoms with E-state index in [9.17, 15) is 9.59 Å². The Balaban J connectivity index is 2.50. The second kappa shape index (κ2) is 5.43. The fourth-order valence-electron chi connectivity index (χ4n) is 1.90. The Hall–Kier alpha value is -2.83. The Morgan fingerprint density at radius 3 is 2.60 bits per heavy atom. The molecule has 1 heterocycles. The third-order valence-corrected chi connectivity index (χ3v) is 2.97. The van der Waals surface area contributed by atoms with Gasteiger partial charge in [-0.25, -0.2) is 14.9 Å². The van der Waals surface area contributed by atoms with Crippen molar-refractivity contribution < 1.29 is 4.79 Å². The molecule has 0 aliphatic rings. The smallest absolute Gasteiger partial charge is 0.332 e. The van der Waals surface area contributed by atoms with Crippen LogP contribution in [0.4, 0.5) is 4.79 Å². The van der Waals surface area contributed by atoms with Gasteiger partial charge in [0.05, 0.1) is 17.5 Å². The molecule has 0 spiro atoms. The molecule has 0 fully saturated rings. The van der Waals surface area contributed by atoms with Crippen molar-refractivity contribution in [2.45, 2.75) is 6.92 Å². The van der Waals surface area contributed by atoms with Gasteiger partial charge in [0, 0.05) is 12.7 Å². The second-order valence-corrected chi connectivity index (χ2v) is 4.21. The molecule has 0 aliphatic carbocycles. The van der Waals surface area contributed by atoms with Crippen molar-refractivity contribution in [1.29, 1.82) is 0 Å². The third kappa shape index (κ3) is 2.46. The molecule has 0 saturated heterocycles. The van der Waals surface area contributed by atoms with Gasteiger partial charge in [0.15, 0.2) is 0 Å². The van der Waals surface area contributed by atoms with E-state index in [1.54, 1.807) is 18.7 Å². The first-order valence-corrected chi connectivity index (χ1v) is 5.95. The molecular formula is C13H15N5O2. The van der Waals surface area contributed by atoms with E-state index in [2.05, 4.69) is 10.5 Å². The van der Waals surface area contributed by atoms with Crippen LogP contribution in [-0.2, 0) is 7.05 Å². The van der Waals surface area contributed by atoms with Crippen LogP contribution in [0.25, 0.3) is 5.69 Å². The van der Waals surface area contributed by atoms with Crippen LogP contribution >= 0.6 is 0 Å². The Bertz CT molecular complexity index is 712. The number of urea groups is 1. The molecule has 7 heteroatoms. The van der Waals surface area contributed by atoms with Crippen LogP contribution in [0.5, 0.6) is 0 Å². The van der Waals surface area contributed by atoms with Crippen molar-refractivity contribution in [2.24, 2.45) is 17.9 Å². The fraction of sp³-hybridized carbons (Fsp3) is 0.154. The van der Waals surface area contributed by atoms with Crippen molar-refractivity contribution in [2.75, 3.05) is 0 Å². The molecule has 2 amide bonds. The lowest BCUT2D eigenvalue weighted by molar-refractivity contribution is 0.249. The highest BCUT2D eigenvalue weighted by molar-refractivity contribution is 5.82. The molecule has 0 radical (unpaired) electrons. The summed E-state index contributed by atoms with van der Waals surface area (Å²) in [5.41, 5.74) is 8.64. The maximum Gasteiger partial charge on any atom is 0.332 e. The minimum absolute atomic E-state index is 0.216. The SMILES string of the molecule is Cc1c(/C=N/NC(N)=O)c(=O)n(-c2ccccc2)n1C. The van der Waals surface area contributed by atoms with E-state index < -0.39 is 6.03 Å². The summed E-state index contributed by atoms with van der Waals surface area (Å²) in [4.78, 5) is 23.0. The number of benzene rings is 1. The number of nitrogens with two attached hydrogens (primary N) is 1. The number of hydrazone groups is 1. The van der Waals surface area contributed by atoms with Crippen molar-refractivity contribution in [3.8, 4) is 5.69 Å². The van der Waals surface area contributed by atoms with Gasteiger partial charge >= 0.3 is 6.03 Å². The normalized spacial score (nSPS) is 10.9. The van der Waals surface area contributed by atoms with Gasteiger partial charge in [0.2, 0.25) is 0 Å². The van der Waals surface area contributed by atoms with Crippen LogP contribution in [0.1, 0.15) is 11.3 Å². The average molecular weight is 273 g/mol. The standard InChI is InChI=1S/C13H15N5O2/c1-9-11(8-15-16-13(14)20)12(19)18(17(9)2)10-6-4-3-5-7-10/h3-8H,1-2H3,(H3,14,16,20)/b15-8+. The lowest BCUT2D eigenvalue weighted by Gasteiger charge is -2.07. The second-order valence-electron chi connectivity index (χ2n) is 4.21. The average Bonchev–Trinajstić information content (AvgIpc) is 2.63. The maximum atomic E-state index is 12.4. The molecule has 20 heavy (non-hydrogen) atoms. The van der Waals surface area contributed by atoms with Crippen LogP contribution in [0, 0.1) is 6.92 Å². The number of hydrogen-bond acceptors (Lipinski definition) is 3. The quantitative estimate of drug-likeness (QED) is 0.629. The molecular weight excluding hydrogens is 258 g/mol. The van der Waals surface area contributed by atoms with Crippen LogP contribution in [0.2, 0.25) is 0 Å². The zero-order valence-electron chi connectivity index (χ0n) is 11.2. The summed E-state index contributed by atoms with van der Waals surface area (Å²) in [5.74, 6) is 0. The maximum absolute atomic E-state index is 12.4. The van der Waals surface area contributed by atoms with Crippen molar-refractivity contribution in [1.82, 2.24) is 14.8 Å². The zero-order valence-corrected chi connectivity index (χ0v) is 11.2. The molecule has 0 saturated carbocycles. The van der Waals surface area contributed by atoms with E-state index in [0.717, 1.165) is 11.4 Å². The van der Waals surface area contributed by atoms with E-state index in [-0.39, 0.29) is 5.56 Å². The highest BCUT2D eigenvalue weighted by Gasteiger charge is 2.14. The third-order valence-electron chi connectivity index (χ3n) is 2.97. The number of amides is 2. The number of para-hydroxylation sites is 1. The van der Waals surface area contributed by atoms with Gasteiger partial charge in [-0.3, -0.25) is 9.48 Å². The highest BCUT2D eigenvalue weighted by atomic mass is 16.2. The first-order chi connectivity index (χ1) is 9.52. The summed E-state index contributed by atoms with van der Waals surface area (Å²) in [7, 11) is 1.78. The minimum atomic E-state index is -0.779. The predicted molar refractivity (Wildman–Crippen MR) is 76.1 cm³/mol. The van der Waals surface area contributed by atoms with E-state index in [1.807, 2.05) is 30.3 Å². The summed E-state index contributed by atoms with van der Waals surface area (Å²) in [6.07, 6.45) is 1.29. The van der Waals surface area contributed by atoms with Crippen molar-refractivity contribution >= 4 is 12.2 Å². The lowest BCUT2D eigenvalue weighted by atomic mass is 10.3. The highest BCUT2D eigenvalue weighted by Crippen LogP contribution is 2.08. The summed E-state index contributed by atoms with van der Waals surface area (Å²) < 4.78 is 3.25. The lowest BCUT2D eigenvalue weighted by Crippen LogP contribution is -2.25. The molecule has 104 valence electrons. The van der Waals surface area contributed by atoms with Gasteiger partial charge in [-0.1, -0.05) is 18.2 Å². The van der Waals surface area contributed by atoms with Gasteiger partial charge in [0.25, 0.3) is 5.56 Å². The van der Waals surface area contributed by atoms with Crippen LogP contribution in [-0.4, -0.2) is 21.6 Å². The molecule has 3 N–H and O–H groups in total. The topological polar surface area (TPSA) is 94.4 Å². The van der Waals surface area contributed by atoms with E-state index in [1.165, 1.54) is 10.9 Å². The molecule has 2 rings (SSSR count). The molecule has 0 bridgehead atoms. The Morgan fingerprint density at radius 1 is 1.35 bits per heavy atom. The predicted octanol–water partition coefficient (Wildman–Crippen LogP) is 0.487.